The van der Waals surface area contributed by atoms with Crippen molar-refractivity contribution in [2.45, 2.75) is 6.23 Å². The molecular formula is C13H10N2O. The molecule has 2 heterocycles. The summed E-state index contributed by atoms with van der Waals surface area (Å²) in [5, 5.41) is 1.96. The molecule has 1 unspecified atom stereocenters. The van der Waals surface area contributed by atoms with Gasteiger partial charge in [-0.1, -0.05) is 18.2 Å². The number of hydrogen-bond donors (Lipinski definition) is 0. The average molecular weight is 210 g/mol. The molecule has 1 aliphatic rings. The highest BCUT2D eigenvalue weighted by molar-refractivity contribution is 5.21. The van der Waals surface area contributed by atoms with Gasteiger partial charge >= 0.3 is 0 Å². The zero-order valence-corrected chi connectivity index (χ0v) is 8.58. The molecule has 16 heavy (non-hydrogen) atoms. The van der Waals surface area contributed by atoms with Crippen LogP contribution in [0.2, 0.25) is 0 Å². The van der Waals surface area contributed by atoms with Crippen LogP contribution in [0, 0.1) is 0 Å². The van der Waals surface area contributed by atoms with Crippen molar-refractivity contribution in [2.75, 3.05) is 0 Å². The molecule has 1 aromatic carbocycles. The number of para-hydroxylation sites is 1. The molecule has 3 rings (SSSR count). The van der Waals surface area contributed by atoms with E-state index >= 15 is 0 Å². The van der Waals surface area contributed by atoms with E-state index in [9.17, 15) is 0 Å². The lowest BCUT2D eigenvalue weighted by molar-refractivity contribution is 0.177. The Morgan fingerprint density at radius 1 is 1.00 bits per heavy atom. The summed E-state index contributed by atoms with van der Waals surface area (Å²) < 4.78 is 5.54. The number of nitrogens with zero attached hydrogens (tertiary/aromatic N) is 2. The Morgan fingerprint density at radius 2 is 1.88 bits per heavy atom. The summed E-state index contributed by atoms with van der Waals surface area (Å²) in [6.45, 7) is 0. The highest BCUT2D eigenvalue weighted by Gasteiger charge is 2.12. The predicted octanol–water partition coefficient (Wildman–Crippen LogP) is 1.17. The van der Waals surface area contributed by atoms with E-state index in [1.54, 1.807) is 12.5 Å². The number of ether oxygens (including phenoxy) is 1. The third-order valence-corrected chi connectivity index (χ3v) is 2.46. The fourth-order valence-electron chi connectivity index (χ4n) is 1.66. The molecular weight excluding hydrogens is 200 g/mol. The molecule has 0 saturated carbocycles. The molecule has 1 atom stereocenters. The molecule has 2 aromatic rings. The number of benzene rings is 1. The van der Waals surface area contributed by atoms with E-state index in [0.29, 0.717) is 0 Å². The summed E-state index contributed by atoms with van der Waals surface area (Å²) in [5.41, 5.74) is 0.827. The number of aromatic nitrogens is 1. The minimum absolute atomic E-state index is 0.323. The van der Waals surface area contributed by atoms with Gasteiger partial charge in [0, 0.05) is 11.4 Å². The fourth-order valence-corrected chi connectivity index (χ4v) is 1.66. The molecule has 0 amide bonds. The molecule has 3 nitrogen and oxygen atoms in total. The van der Waals surface area contributed by atoms with E-state index in [2.05, 4.69) is 9.98 Å². The molecule has 0 radical (unpaired) electrons. The molecule has 0 spiro atoms. The van der Waals surface area contributed by atoms with Gasteiger partial charge in [0.2, 0.25) is 6.23 Å². The summed E-state index contributed by atoms with van der Waals surface area (Å²) in [7, 11) is 0. The Bertz CT molecular complexity index is 607. The highest BCUT2D eigenvalue weighted by atomic mass is 16.5. The molecule has 1 aliphatic heterocycles. The highest BCUT2D eigenvalue weighted by Crippen LogP contribution is 2.16. The molecule has 0 bridgehead atoms. The van der Waals surface area contributed by atoms with Gasteiger partial charge in [-0.05, 0) is 24.3 Å². The number of rotatable bonds is 1. The van der Waals surface area contributed by atoms with Gasteiger partial charge < -0.3 is 4.74 Å². The van der Waals surface area contributed by atoms with Crippen molar-refractivity contribution in [1.82, 2.24) is 4.98 Å². The third-order valence-electron chi connectivity index (χ3n) is 2.46. The second-order valence-electron chi connectivity index (χ2n) is 3.55. The standard InChI is InChI=1S/C13H10N2O/c1-2-6-11-10(5-1)9-16-13(15-11)12-7-3-4-8-14-12/h1-9,13H. The zero-order chi connectivity index (χ0) is 10.8. The van der Waals surface area contributed by atoms with Crippen LogP contribution in [-0.4, -0.2) is 4.98 Å². The number of pyridine rings is 1. The average Bonchev–Trinajstić information content (AvgIpc) is 2.39. The monoisotopic (exact) mass is 210 g/mol. The van der Waals surface area contributed by atoms with Crippen molar-refractivity contribution < 1.29 is 4.74 Å². The topological polar surface area (TPSA) is 34.5 Å². The van der Waals surface area contributed by atoms with E-state index in [1.165, 1.54) is 0 Å². The van der Waals surface area contributed by atoms with E-state index in [-0.39, 0.29) is 6.23 Å². The minimum Gasteiger partial charge on any atom is -0.470 e. The molecule has 0 aliphatic carbocycles. The van der Waals surface area contributed by atoms with Crippen molar-refractivity contribution in [3.05, 3.63) is 64.9 Å². The maximum atomic E-state index is 5.54. The quantitative estimate of drug-likeness (QED) is 0.708. The van der Waals surface area contributed by atoms with Gasteiger partial charge in [0.15, 0.2) is 0 Å². The van der Waals surface area contributed by atoms with Crippen LogP contribution in [0.1, 0.15) is 11.9 Å². The second kappa shape index (κ2) is 3.77. The van der Waals surface area contributed by atoms with Gasteiger partial charge in [0.1, 0.15) is 5.69 Å². The molecule has 0 fully saturated rings. The summed E-state index contributed by atoms with van der Waals surface area (Å²) in [4.78, 5) is 8.74. The maximum absolute atomic E-state index is 5.54. The van der Waals surface area contributed by atoms with Crippen molar-refractivity contribution in [3.8, 4) is 0 Å². The van der Waals surface area contributed by atoms with Gasteiger partial charge in [-0.25, -0.2) is 4.99 Å². The lowest BCUT2D eigenvalue weighted by Gasteiger charge is -2.14. The Morgan fingerprint density at radius 3 is 2.75 bits per heavy atom. The Hall–Kier alpha value is -2.16. The predicted molar refractivity (Wildman–Crippen MR) is 59.8 cm³/mol. The Balaban J connectivity index is 2.08. The summed E-state index contributed by atoms with van der Waals surface area (Å²) in [6, 6.07) is 13.6. The molecule has 1 aromatic heterocycles. The Kier molecular flexibility index (Phi) is 2.14. The zero-order valence-electron chi connectivity index (χ0n) is 8.58. The summed E-state index contributed by atoms with van der Waals surface area (Å²) >= 11 is 0. The first-order valence-electron chi connectivity index (χ1n) is 5.13. The van der Waals surface area contributed by atoms with Gasteiger partial charge in [-0.3, -0.25) is 4.98 Å². The van der Waals surface area contributed by atoms with Crippen LogP contribution in [0.4, 0.5) is 0 Å². The van der Waals surface area contributed by atoms with Gasteiger partial charge in [-0.2, -0.15) is 0 Å². The SMILES string of the molecule is C1=c2ccccc2=NC(c2ccccn2)O1. The van der Waals surface area contributed by atoms with Gasteiger partial charge in [-0.15, -0.1) is 0 Å². The largest absolute Gasteiger partial charge is 0.470 e. The van der Waals surface area contributed by atoms with Crippen molar-refractivity contribution in [2.24, 2.45) is 4.99 Å². The number of fused-ring (bicyclic) bond motifs is 1. The van der Waals surface area contributed by atoms with Crippen LogP contribution >= 0.6 is 0 Å². The third kappa shape index (κ3) is 1.56. The molecule has 3 heteroatoms. The van der Waals surface area contributed by atoms with Crippen LogP contribution in [0.3, 0.4) is 0 Å². The van der Waals surface area contributed by atoms with Gasteiger partial charge in [0.25, 0.3) is 0 Å². The lowest BCUT2D eigenvalue weighted by atomic mass is 10.2. The first-order valence-corrected chi connectivity index (χ1v) is 5.13. The smallest absolute Gasteiger partial charge is 0.232 e. The Labute approximate surface area is 92.8 Å². The van der Waals surface area contributed by atoms with Crippen molar-refractivity contribution in [1.29, 1.82) is 0 Å². The summed E-state index contributed by atoms with van der Waals surface area (Å²) in [6.07, 6.45) is 3.16. The van der Waals surface area contributed by atoms with Crippen LogP contribution in [0.15, 0.2) is 53.7 Å². The van der Waals surface area contributed by atoms with Crippen LogP contribution in [0.5, 0.6) is 0 Å². The normalized spacial score (nSPS) is 17.6. The first kappa shape index (κ1) is 9.09. The van der Waals surface area contributed by atoms with Crippen LogP contribution in [-0.2, 0) is 4.74 Å². The first-order chi connectivity index (χ1) is 7.93. The van der Waals surface area contributed by atoms with E-state index in [4.69, 9.17) is 4.74 Å². The fraction of sp³-hybridized carbons (Fsp3) is 0.0769. The van der Waals surface area contributed by atoms with Crippen LogP contribution < -0.4 is 10.6 Å². The van der Waals surface area contributed by atoms with E-state index in [1.807, 2.05) is 42.5 Å². The lowest BCUT2D eigenvalue weighted by Crippen LogP contribution is -2.29. The van der Waals surface area contributed by atoms with Crippen LogP contribution in [0.25, 0.3) is 6.26 Å². The van der Waals surface area contributed by atoms with E-state index < -0.39 is 0 Å². The van der Waals surface area contributed by atoms with Crippen molar-refractivity contribution >= 4 is 6.26 Å². The van der Waals surface area contributed by atoms with Crippen molar-refractivity contribution in [3.63, 3.8) is 0 Å². The molecule has 78 valence electrons. The van der Waals surface area contributed by atoms with Gasteiger partial charge in [0.05, 0.1) is 11.6 Å². The minimum atomic E-state index is -0.323. The van der Waals surface area contributed by atoms with E-state index in [0.717, 1.165) is 16.3 Å². The number of hydrogen-bond acceptors (Lipinski definition) is 3. The second-order valence-corrected chi connectivity index (χ2v) is 3.55. The summed E-state index contributed by atoms with van der Waals surface area (Å²) in [5.74, 6) is 0. The molecule has 0 saturated heterocycles. The molecule has 0 N–H and O–H groups in total. The maximum Gasteiger partial charge on any atom is 0.232 e.